The van der Waals surface area contributed by atoms with E-state index in [1.807, 2.05) is 32.6 Å². The molecular formula is C12H24N2O2. The Morgan fingerprint density at radius 2 is 2.25 bits per heavy atom. The molecular weight excluding hydrogens is 204 g/mol. The molecule has 1 rings (SSSR count). The predicted molar refractivity (Wildman–Crippen MR) is 64.0 cm³/mol. The molecule has 1 heterocycles. The van der Waals surface area contributed by atoms with Crippen LogP contribution in [0.25, 0.3) is 0 Å². The number of hydrogen-bond acceptors (Lipinski definition) is 3. The van der Waals surface area contributed by atoms with Gasteiger partial charge in [-0.15, -0.1) is 0 Å². The average Bonchev–Trinajstić information content (AvgIpc) is 2.24. The molecule has 0 bridgehead atoms. The van der Waals surface area contributed by atoms with Gasteiger partial charge < -0.3 is 15.4 Å². The largest absolute Gasteiger partial charge is 0.367 e. The second-order valence-corrected chi connectivity index (χ2v) is 5.26. The third kappa shape index (κ3) is 3.19. The van der Waals surface area contributed by atoms with Crippen LogP contribution in [0.5, 0.6) is 0 Å². The van der Waals surface area contributed by atoms with Crippen LogP contribution in [0.15, 0.2) is 0 Å². The fourth-order valence-corrected chi connectivity index (χ4v) is 2.07. The van der Waals surface area contributed by atoms with Crippen LogP contribution in [0, 0.1) is 5.92 Å². The molecule has 1 saturated heterocycles. The molecule has 2 unspecified atom stereocenters. The van der Waals surface area contributed by atoms with Crippen molar-refractivity contribution in [3.05, 3.63) is 0 Å². The Hall–Kier alpha value is -0.610. The third-order valence-corrected chi connectivity index (χ3v) is 3.09. The lowest BCUT2D eigenvalue weighted by molar-refractivity contribution is -0.162. The molecule has 0 aromatic heterocycles. The second kappa shape index (κ2) is 5.15. The lowest BCUT2D eigenvalue weighted by Gasteiger charge is -2.43. The van der Waals surface area contributed by atoms with Gasteiger partial charge in [-0.2, -0.15) is 0 Å². The number of rotatable bonds is 3. The van der Waals surface area contributed by atoms with E-state index in [1.54, 1.807) is 0 Å². The third-order valence-electron chi connectivity index (χ3n) is 3.09. The molecule has 0 radical (unpaired) electrons. The summed E-state index contributed by atoms with van der Waals surface area (Å²) in [6.07, 6.45) is 0.848. The molecule has 2 N–H and O–H groups in total. The summed E-state index contributed by atoms with van der Waals surface area (Å²) in [5.74, 6) is 0.310. The van der Waals surface area contributed by atoms with Gasteiger partial charge in [0.25, 0.3) is 0 Å². The summed E-state index contributed by atoms with van der Waals surface area (Å²) in [4.78, 5) is 14.0. The van der Waals surface area contributed by atoms with Gasteiger partial charge in [0.05, 0.1) is 11.7 Å². The molecule has 1 fully saturated rings. The number of carbonyl (C=O) groups excluding carboxylic acids is 1. The predicted octanol–water partition coefficient (Wildman–Crippen LogP) is 0.997. The highest BCUT2D eigenvalue weighted by molar-refractivity contribution is 5.78. The Morgan fingerprint density at radius 1 is 1.62 bits per heavy atom. The highest BCUT2D eigenvalue weighted by Gasteiger charge is 2.35. The molecule has 4 heteroatoms. The molecule has 2 atom stereocenters. The lowest BCUT2D eigenvalue weighted by atomic mass is 10.0. The average molecular weight is 228 g/mol. The zero-order chi connectivity index (χ0) is 12.3. The van der Waals surface area contributed by atoms with Gasteiger partial charge in [-0.25, -0.2) is 0 Å². The minimum atomic E-state index is -0.286. The summed E-state index contributed by atoms with van der Waals surface area (Å²) in [6, 6.07) is 0. The van der Waals surface area contributed by atoms with Crippen LogP contribution in [-0.2, 0) is 9.53 Å². The summed E-state index contributed by atoms with van der Waals surface area (Å²) in [5, 5.41) is 0. The van der Waals surface area contributed by atoms with Crippen molar-refractivity contribution in [2.24, 2.45) is 11.7 Å². The smallest absolute Gasteiger partial charge is 0.225 e. The Balaban J connectivity index is 2.69. The highest BCUT2D eigenvalue weighted by Crippen LogP contribution is 2.22. The molecule has 0 saturated carbocycles. The number of amides is 1. The van der Waals surface area contributed by atoms with Gasteiger partial charge in [0.15, 0.2) is 0 Å². The topological polar surface area (TPSA) is 55.6 Å². The molecule has 16 heavy (non-hydrogen) atoms. The van der Waals surface area contributed by atoms with Gasteiger partial charge in [-0.05, 0) is 20.3 Å². The van der Waals surface area contributed by atoms with E-state index >= 15 is 0 Å². The van der Waals surface area contributed by atoms with Gasteiger partial charge in [0.1, 0.15) is 0 Å². The highest BCUT2D eigenvalue weighted by atomic mass is 16.5. The van der Waals surface area contributed by atoms with E-state index in [2.05, 4.69) is 0 Å². The van der Waals surface area contributed by atoms with Crippen LogP contribution in [0.3, 0.4) is 0 Å². The van der Waals surface area contributed by atoms with E-state index in [9.17, 15) is 4.79 Å². The van der Waals surface area contributed by atoms with Gasteiger partial charge in [0.2, 0.25) is 5.91 Å². The first-order valence-corrected chi connectivity index (χ1v) is 6.06. The maximum atomic E-state index is 12.1. The molecule has 1 aliphatic heterocycles. The van der Waals surface area contributed by atoms with Crippen molar-refractivity contribution in [3.63, 3.8) is 0 Å². The number of morpholine rings is 1. The normalized spacial score (nSPS) is 26.6. The maximum absolute atomic E-state index is 12.1. The van der Waals surface area contributed by atoms with Gasteiger partial charge in [0, 0.05) is 25.6 Å². The summed E-state index contributed by atoms with van der Waals surface area (Å²) >= 11 is 0. The first-order chi connectivity index (χ1) is 7.39. The van der Waals surface area contributed by atoms with Crippen molar-refractivity contribution in [2.45, 2.75) is 45.8 Å². The van der Waals surface area contributed by atoms with Crippen molar-refractivity contribution in [1.29, 1.82) is 0 Å². The Kier molecular flexibility index (Phi) is 4.33. The Bertz CT molecular complexity index is 253. The monoisotopic (exact) mass is 228 g/mol. The van der Waals surface area contributed by atoms with E-state index in [-0.39, 0.29) is 23.5 Å². The van der Waals surface area contributed by atoms with Gasteiger partial charge >= 0.3 is 0 Å². The second-order valence-electron chi connectivity index (χ2n) is 5.26. The van der Waals surface area contributed by atoms with Crippen LogP contribution in [0.1, 0.15) is 34.1 Å². The quantitative estimate of drug-likeness (QED) is 0.784. The zero-order valence-electron chi connectivity index (χ0n) is 10.8. The van der Waals surface area contributed by atoms with E-state index in [0.29, 0.717) is 19.6 Å². The van der Waals surface area contributed by atoms with Crippen molar-refractivity contribution < 1.29 is 9.53 Å². The van der Waals surface area contributed by atoms with Crippen LogP contribution < -0.4 is 5.73 Å². The van der Waals surface area contributed by atoms with Crippen molar-refractivity contribution in [2.75, 3.05) is 19.6 Å². The lowest BCUT2D eigenvalue weighted by Crippen LogP contribution is -2.57. The van der Waals surface area contributed by atoms with Crippen LogP contribution in [-0.4, -0.2) is 42.1 Å². The Morgan fingerprint density at radius 3 is 2.75 bits per heavy atom. The maximum Gasteiger partial charge on any atom is 0.225 e. The van der Waals surface area contributed by atoms with Crippen LogP contribution in [0.4, 0.5) is 0 Å². The first-order valence-electron chi connectivity index (χ1n) is 6.06. The van der Waals surface area contributed by atoms with Crippen molar-refractivity contribution in [1.82, 2.24) is 4.90 Å². The summed E-state index contributed by atoms with van der Waals surface area (Å²) in [7, 11) is 0. The fraction of sp³-hybridized carbons (Fsp3) is 0.917. The van der Waals surface area contributed by atoms with E-state index in [4.69, 9.17) is 10.5 Å². The number of hydrogen-bond donors (Lipinski definition) is 1. The van der Waals surface area contributed by atoms with E-state index in [0.717, 1.165) is 6.42 Å². The molecule has 1 aliphatic rings. The molecule has 0 spiro atoms. The summed E-state index contributed by atoms with van der Waals surface area (Å²) in [6.45, 7) is 9.78. The van der Waals surface area contributed by atoms with Crippen LogP contribution in [0.2, 0.25) is 0 Å². The number of ether oxygens (including phenoxy) is 1. The van der Waals surface area contributed by atoms with Gasteiger partial charge in [-0.3, -0.25) is 4.79 Å². The van der Waals surface area contributed by atoms with Gasteiger partial charge in [-0.1, -0.05) is 13.8 Å². The number of nitrogens with two attached hydrogens (primary N) is 1. The van der Waals surface area contributed by atoms with Crippen LogP contribution >= 0.6 is 0 Å². The molecule has 94 valence electrons. The van der Waals surface area contributed by atoms with E-state index in [1.165, 1.54) is 0 Å². The number of carbonyl (C=O) groups is 1. The Labute approximate surface area is 98.1 Å². The minimum absolute atomic E-state index is 0.0308. The van der Waals surface area contributed by atoms with E-state index < -0.39 is 0 Å². The molecule has 0 aromatic rings. The fourth-order valence-electron chi connectivity index (χ4n) is 2.07. The van der Waals surface area contributed by atoms with Crippen molar-refractivity contribution in [3.8, 4) is 0 Å². The number of nitrogens with zero attached hydrogens (tertiary/aromatic N) is 1. The SMILES string of the molecule is CCC(C)C(=O)N1CC(CN)OC(C)(C)C1. The zero-order valence-corrected chi connectivity index (χ0v) is 10.8. The summed E-state index contributed by atoms with van der Waals surface area (Å²) in [5.41, 5.74) is 5.35. The molecule has 0 aliphatic carbocycles. The molecule has 4 nitrogen and oxygen atoms in total. The first kappa shape index (κ1) is 13.5. The molecule has 1 amide bonds. The van der Waals surface area contributed by atoms with Crippen molar-refractivity contribution >= 4 is 5.91 Å². The molecule has 0 aromatic carbocycles. The minimum Gasteiger partial charge on any atom is -0.367 e. The summed E-state index contributed by atoms with van der Waals surface area (Å²) < 4.78 is 5.80. The standard InChI is InChI=1S/C12H24N2O2/c1-5-9(2)11(15)14-7-10(6-13)16-12(3,4)8-14/h9-10H,5-8,13H2,1-4H3.